The second-order valence-electron chi connectivity index (χ2n) is 3.83. The van der Waals surface area contributed by atoms with Crippen LogP contribution in [0.5, 0.6) is 0 Å². The molecule has 1 aromatic carbocycles. The molecule has 1 aliphatic carbocycles. The van der Waals surface area contributed by atoms with Gasteiger partial charge in [-0.05, 0) is 12.8 Å². The molecule has 2 rings (SSSR count). The molecular formula is C11H10Cl2N2O2. The van der Waals surface area contributed by atoms with Crippen LogP contribution >= 0.6 is 23.2 Å². The van der Waals surface area contributed by atoms with Crippen LogP contribution in [0, 0.1) is 10.1 Å². The van der Waals surface area contributed by atoms with E-state index >= 15 is 0 Å². The molecule has 0 bridgehead atoms. The Hall–Kier alpha value is -1.26. The monoisotopic (exact) mass is 272 g/mol. The van der Waals surface area contributed by atoms with Gasteiger partial charge in [-0.1, -0.05) is 35.4 Å². The molecule has 4 nitrogen and oxygen atoms in total. The van der Waals surface area contributed by atoms with Crippen LogP contribution in [-0.2, 0) is 0 Å². The van der Waals surface area contributed by atoms with Crippen molar-refractivity contribution >= 4 is 34.6 Å². The van der Waals surface area contributed by atoms with Crippen molar-refractivity contribution in [3.63, 3.8) is 0 Å². The molecule has 0 saturated carbocycles. The van der Waals surface area contributed by atoms with E-state index in [1.165, 1.54) is 12.1 Å². The van der Waals surface area contributed by atoms with E-state index in [9.17, 15) is 10.1 Å². The molecule has 1 aliphatic rings. The molecule has 1 aromatic rings. The summed E-state index contributed by atoms with van der Waals surface area (Å²) in [6.07, 6.45) is 5.96. The van der Waals surface area contributed by atoms with Gasteiger partial charge in [0.05, 0.1) is 20.7 Å². The Morgan fingerprint density at radius 2 is 1.76 bits per heavy atom. The van der Waals surface area contributed by atoms with E-state index in [1.807, 2.05) is 0 Å². The van der Waals surface area contributed by atoms with Crippen molar-refractivity contribution in [1.82, 2.24) is 0 Å². The van der Waals surface area contributed by atoms with Gasteiger partial charge in [-0.25, -0.2) is 0 Å². The Balaban J connectivity index is 2.25. The molecule has 0 unspecified atom stereocenters. The first-order valence-corrected chi connectivity index (χ1v) is 5.88. The molecule has 0 radical (unpaired) electrons. The fourth-order valence-corrected chi connectivity index (χ4v) is 2.33. The number of non-ortho nitro benzene ring substituents is 1. The summed E-state index contributed by atoms with van der Waals surface area (Å²) < 4.78 is 0. The predicted molar refractivity (Wildman–Crippen MR) is 68.9 cm³/mol. The third-order valence-corrected chi connectivity index (χ3v) is 3.19. The minimum atomic E-state index is -0.515. The van der Waals surface area contributed by atoms with E-state index in [0.717, 1.165) is 12.8 Å². The van der Waals surface area contributed by atoms with E-state index in [2.05, 4.69) is 17.5 Å². The minimum absolute atomic E-state index is 0.102. The second-order valence-corrected chi connectivity index (χ2v) is 4.64. The first kappa shape index (κ1) is 12.2. The lowest BCUT2D eigenvalue weighted by Crippen LogP contribution is -2.15. The Morgan fingerprint density at radius 3 is 2.24 bits per heavy atom. The van der Waals surface area contributed by atoms with Gasteiger partial charge in [0.15, 0.2) is 0 Å². The Kier molecular flexibility index (Phi) is 3.54. The molecule has 0 atom stereocenters. The Morgan fingerprint density at radius 1 is 1.24 bits per heavy atom. The lowest BCUT2D eigenvalue weighted by molar-refractivity contribution is -0.384. The normalized spacial score (nSPS) is 15.2. The third kappa shape index (κ3) is 2.70. The summed E-state index contributed by atoms with van der Waals surface area (Å²) in [6, 6.07) is 2.86. The van der Waals surface area contributed by atoms with Crippen molar-refractivity contribution in [3.05, 3.63) is 44.4 Å². The highest BCUT2D eigenvalue weighted by Gasteiger charge is 2.17. The summed E-state index contributed by atoms with van der Waals surface area (Å²) in [5.74, 6) is 0. The zero-order valence-corrected chi connectivity index (χ0v) is 10.3. The molecule has 1 N–H and O–H groups in total. The van der Waals surface area contributed by atoms with Crippen LogP contribution in [0.2, 0.25) is 10.0 Å². The van der Waals surface area contributed by atoms with Crippen LogP contribution in [0.25, 0.3) is 0 Å². The van der Waals surface area contributed by atoms with Gasteiger partial charge < -0.3 is 5.32 Å². The molecule has 0 spiro atoms. The first-order valence-electron chi connectivity index (χ1n) is 5.13. The highest BCUT2D eigenvalue weighted by atomic mass is 35.5. The SMILES string of the molecule is O=[N+]([O-])c1cc(Cl)c(NC2CC=CC2)c(Cl)c1. The van der Waals surface area contributed by atoms with Gasteiger partial charge in [-0.2, -0.15) is 0 Å². The Bertz CT molecular complexity index is 457. The number of nitrogens with one attached hydrogen (secondary N) is 1. The van der Waals surface area contributed by atoms with Crippen molar-refractivity contribution in [1.29, 1.82) is 0 Å². The number of halogens is 2. The smallest absolute Gasteiger partial charge is 0.272 e. The Labute approximate surface area is 108 Å². The average Bonchev–Trinajstić information content (AvgIpc) is 2.75. The van der Waals surface area contributed by atoms with Crippen LogP contribution in [-0.4, -0.2) is 11.0 Å². The summed E-state index contributed by atoms with van der Waals surface area (Å²) >= 11 is 12.0. The fourth-order valence-electron chi connectivity index (χ4n) is 1.74. The van der Waals surface area contributed by atoms with E-state index in [4.69, 9.17) is 23.2 Å². The molecule has 90 valence electrons. The molecule has 0 heterocycles. The molecule has 0 aromatic heterocycles. The van der Waals surface area contributed by atoms with E-state index in [1.54, 1.807) is 0 Å². The van der Waals surface area contributed by atoms with E-state index in [0.29, 0.717) is 5.69 Å². The second kappa shape index (κ2) is 4.94. The maximum Gasteiger partial charge on any atom is 0.272 e. The minimum Gasteiger partial charge on any atom is -0.379 e. The van der Waals surface area contributed by atoms with Crippen LogP contribution in [0.4, 0.5) is 11.4 Å². The van der Waals surface area contributed by atoms with E-state index < -0.39 is 4.92 Å². The largest absolute Gasteiger partial charge is 0.379 e. The summed E-state index contributed by atoms with van der Waals surface area (Å²) in [6.45, 7) is 0. The number of hydrogen-bond donors (Lipinski definition) is 1. The summed E-state index contributed by atoms with van der Waals surface area (Å²) in [4.78, 5) is 10.1. The maximum atomic E-state index is 10.6. The van der Waals surface area contributed by atoms with Gasteiger partial charge in [0, 0.05) is 18.2 Å². The third-order valence-electron chi connectivity index (χ3n) is 2.59. The zero-order valence-electron chi connectivity index (χ0n) is 8.82. The van der Waals surface area contributed by atoms with Crippen molar-refractivity contribution in [2.75, 3.05) is 5.32 Å². The topological polar surface area (TPSA) is 55.2 Å². The first-order chi connectivity index (χ1) is 8.08. The number of hydrogen-bond acceptors (Lipinski definition) is 3. The highest BCUT2D eigenvalue weighted by molar-refractivity contribution is 6.39. The number of rotatable bonds is 3. The van der Waals surface area contributed by atoms with Crippen molar-refractivity contribution in [2.45, 2.75) is 18.9 Å². The fraction of sp³-hybridized carbons (Fsp3) is 0.273. The van der Waals surface area contributed by atoms with Crippen molar-refractivity contribution in [3.8, 4) is 0 Å². The van der Waals surface area contributed by atoms with Crippen LogP contribution in [0.1, 0.15) is 12.8 Å². The number of nitrogens with zero attached hydrogens (tertiary/aromatic N) is 1. The average molecular weight is 273 g/mol. The zero-order chi connectivity index (χ0) is 12.4. The van der Waals surface area contributed by atoms with Crippen LogP contribution < -0.4 is 5.32 Å². The van der Waals surface area contributed by atoms with Gasteiger partial charge in [-0.3, -0.25) is 10.1 Å². The summed E-state index contributed by atoms with van der Waals surface area (Å²) in [7, 11) is 0. The molecule has 0 saturated heterocycles. The van der Waals surface area contributed by atoms with Crippen LogP contribution in [0.15, 0.2) is 24.3 Å². The quantitative estimate of drug-likeness (QED) is 0.514. The number of anilines is 1. The lowest BCUT2D eigenvalue weighted by Gasteiger charge is -2.16. The number of nitro benzene ring substituents is 1. The predicted octanol–water partition coefficient (Wildman–Crippen LogP) is 4.03. The molecule has 6 heteroatoms. The molecule has 0 amide bonds. The number of benzene rings is 1. The van der Waals surface area contributed by atoms with Gasteiger partial charge in [0.2, 0.25) is 0 Å². The standard InChI is InChI=1S/C11H10Cl2N2O2/c12-9-5-8(15(16)17)6-10(13)11(9)14-7-3-1-2-4-7/h1-2,5-7,14H,3-4H2. The molecule has 0 aliphatic heterocycles. The van der Waals surface area contributed by atoms with Crippen LogP contribution in [0.3, 0.4) is 0 Å². The summed E-state index contributed by atoms with van der Waals surface area (Å²) in [5, 5.41) is 14.4. The van der Waals surface area contributed by atoms with Gasteiger partial charge in [0.1, 0.15) is 0 Å². The van der Waals surface area contributed by atoms with Gasteiger partial charge in [-0.15, -0.1) is 0 Å². The lowest BCUT2D eigenvalue weighted by atomic mass is 10.2. The molecule has 17 heavy (non-hydrogen) atoms. The molecule has 0 fully saturated rings. The maximum absolute atomic E-state index is 10.6. The van der Waals surface area contributed by atoms with E-state index in [-0.39, 0.29) is 21.8 Å². The van der Waals surface area contributed by atoms with Crippen molar-refractivity contribution < 1.29 is 4.92 Å². The van der Waals surface area contributed by atoms with Crippen molar-refractivity contribution in [2.24, 2.45) is 0 Å². The van der Waals surface area contributed by atoms with Gasteiger partial charge in [0.25, 0.3) is 5.69 Å². The summed E-state index contributed by atoms with van der Waals surface area (Å²) in [5.41, 5.74) is 0.461. The molecular weight excluding hydrogens is 263 g/mol. The number of nitro groups is 1. The van der Waals surface area contributed by atoms with Gasteiger partial charge >= 0.3 is 0 Å². The highest BCUT2D eigenvalue weighted by Crippen LogP contribution is 2.35.